The minimum atomic E-state index is 0. The predicted octanol–water partition coefficient (Wildman–Crippen LogP) is 0.779. The van der Waals surface area contributed by atoms with Crippen LogP contribution in [0.2, 0.25) is 0 Å². The Morgan fingerprint density at radius 2 is 1.60 bits per heavy atom. The van der Waals surface area contributed by atoms with Crippen molar-refractivity contribution >= 4 is 24.0 Å². The number of aliphatic hydroxyl groups is 1. The number of halogens is 1. The van der Waals surface area contributed by atoms with Crippen LogP contribution < -0.4 is 6.15 Å². The second kappa shape index (κ2) is 22.8. The van der Waals surface area contributed by atoms with E-state index in [4.69, 9.17) is 5.11 Å². The van der Waals surface area contributed by atoms with Crippen LogP contribution in [0.15, 0.2) is 0 Å². The fourth-order valence-corrected chi connectivity index (χ4v) is 0. The van der Waals surface area contributed by atoms with Crippen LogP contribution in [0.4, 0.5) is 0 Å². The molecule has 0 aliphatic rings. The van der Waals surface area contributed by atoms with Gasteiger partial charge in [0.1, 0.15) is 0 Å². The molecule has 0 aromatic carbocycles. The van der Waals surface area contributed by atoms with Gasteiger partial charge in [-0.1, -0.05) is 0 Å². The topological polar surface area (TPSA) is 55.2 Å². The molecule has 0 atom stereocenters. The molecule has 0 saturated heterocycles. The minimum absolute atomic E-state index is 0. The van der Waals surface area contributed by atoms with Crippen molar-refractivity contribution in [3.05, 3.63) is 0 Å². The molecule has 0 aromatic heterocycles. The highest BCUT2D eigenvalue weighted by atomic mass is 127. The maximum Gasteiger partial charge on any atom is 0.0402 e. The summed E-state index contributed by atoms with van der Waals surface area (Å²) in [5.74, 6) is 0. The van der Waals surface area contributed by atoms with E-state index in [0.717, 1.165) is 0 Å². The maximum absolute atomic E-state index is 7.57. The van der Waals surface area contributed by atoms with Gasteiger partial charge in [0.05, 0.1) is 0 Å². The standard InChI is InChI=1S/C2H6O.HI.H3N/c1-2-3;;/h3H,2H2,1H3;1H;1H3. The SMILES string of the molecule is CCO.I.N. The molecule has 0 radical (unpaired) electrons. The average molecular weight is 191 g/mol. The van der Waals surface area contributed by atoms with E-state index >= 15 is 0 Å². The van der Waals surface area contributed by atoms with Gasteiger partial charge in [-0.05, 0) is 6.92 Å². The van der Waals surface area contributed by atoms with Crippen molar-refractivity contribution < 1.29 is 5.11 Å². The molecule has 4 N–H and O–H groups in total. The van der Waals surface area contributed by atoms with E-state index in [1.54, 1.807) is 6.92 Å². The summed E-state index contributed by atoms with van der Waals surface area (Å²) in [4.78, 5) is 0. The second-order valence-corrected chi connectivity index (χ2v) is 0.316. The largest absolute Gasteiger partial charge is 0.397 e. The summed E-state index contributed by atoms with van der Waals surface area (Å²) in [5.41, 5.74) is 0. The van der Waals surface area contributed by atoms with Crippen LogP contribution in [-0.2, 0) is 0 Å². The van der Waals surface area contributed by atoms with E-state index in [-0.39, 0.29) is 36.7 Å². The average Bonchev–Trinajstić information content (AvgIpc) is 0.918. The Labute approximate surface area is 49.2 Å². The Kier molecular flexibility index (Phi) is 79.2. The molecule has 0 aliphatic carbocycles. The van der Waals surface area contributed by atoms with Crippen molar-refractivity contribution in [3.63, 3.8) is 0 Å². The van der Waals surface area contributed by atoms with Crippen LogP contribution in [-0.4, -0.2) is 11.7 Å². The van der Waals surface area contributed by atoms with Crippen molar-refractivity contribution in [2.24, 2.45) is 0 Å². The van der Waals surface area contributed by atoms with Crippen molar-refractivity contribution in [2.75, 3.05) is 6.61 Å². The Hall–Kier alpha value is 0.650. The van der Waals surface area contributed by atoms with Crippen LogP contribution in [0.25, 0.3) is 0 Å². The maximum atomic E-state index is 7.57. The molecule has 0 heterocycles. The number of hydrogen-bond acceptors (Lipinski definition) is 2. The first-order chi connectivity index (χ1) is 1.41. The van der Waals surface area contributed by atoms with E-state index in [2.05, 4.69) is 0 Å². The van der Waals surface area contributed by atoms with Gasteiger partial charge in [0.25, 0.3) is 0 Å². The third kappa shape index (κ3) is 77.3. The molecule has 0 fully saturated rings. The summed E-state index contributed by atoms with van der Waals surface area (Å²) in [6.07, 6.45) is 0. The molecule has 2 nitrogen and oxygen atoms in total. The number of aliphatic hydroxyl groups excluding tert-OH is 1. The Morgan fingerprint density at radius 3 is 1.60 bits per heavy atom. The van der Waals surface area contributed by atoms with Crippen LogP contribution in [0.1, 0.15) is 6.92 Å². The zero-order chi connectivity index (χ0) is 2.71. The summed E-state index contributed by atoms with van der Waals surface area (Å²) < 4.78 is 0. The second-order valence-electron chi connectivity index (χ2n) is 0.316. The molecule has 0 spiro atoms. The first-order valence-electron chi connectivity index (χ1n) is 1.02. The van der Waals surface area contributed by atoms with Crippen molar-refractivity contribution in [2.45, 2.75) is 6.92 Å². The van der Waals surface area contributed by atoms with Crippen LogP contribution in [0.3, 0.4) is 0 Å². The van der Waals surface area contributed by atoms with Crippen LogP contribution >= 0.6 is 24.0 Å². The monoisotopic (exact) mass is 191 g/mol. The Balaban J connectivity index is -0.0000000200. The van der Waals surface area contributed by atoms with Gasteiger partial charge in [0.2, 0.25) is 0 Å². The van der Waals surface area contributed by atoms with Gasteiger partial charge in [-0.15, -0.1) is 24.0 Å². The molecule has 0 unspecified atom stereocenters. The van der Waals surface area contributed by atoms with E-state index < -0.39 is 0 Å². The smallest absolute Gasteiger partial charge is 0.0402 e. The predicted molar refractivity (Wildman–Crippen MR) is 33.2 cm³/mol. The van der Waals surface area contributed by atoms with Crippen molar-refractivity contribution in [1.29, 1.82) is 0 Å². The molecule has 5 heavy (non-hydrogen) atoms. The highest BCUT2D eigenvalue weighted by Crippen LogP contribution is 1.30. The van der Waals surface area contributed by atoms with Gasteiger partial charge < -0.3 is 11.3 Å². The normalized spacial score (nSPS) is 3.60. The van der Waals surface area contributed by atoms with E-state index in [9.17, 15) is 0 Å². The van der Waals surface area contributed by atoms with Gasteiger partial charge >= 0.3 is 0 Å². The summed E-state index contributed by atoms with van der Waals surface area (Å²) >= 11 is 0. The zero-order valence-corrected chi connectivity index (χ0v) is 5.60. The molecule has 0 saturated carbocycles. The molecule has 0 aromatic rings. The first-order valence-corrected chi connectivity index (χ1v) is 1.02. The van der Waals surface area contributed by atoms with Crippen molar-refractivity contribution in [3.8, 4) is 0 Å². The summed E-state index contributed by atoms with van der Waals surface area (Å²) in [7, 11) is 0. The third-order valence-electron chi connectivity index (χ3n) is 0. The molecule has 36 valence electrons. The lowest BCUT2D eigenvalue weighted by Crippen LogP contribution is -1.57. The first kappa shape index (κ1) is 17.4. The number of hydrogen-bond donors (Lipinski definition) is 2. The van der Waals surface area contributed by atoms with Gasteiger partial charge in [-0.2, -0.15) is 0 Å². The summed E-state index contributed by atoms with van der Waals surface area (Å²) in [6, 6.07) is 0. The van der Waals surface area contributed by atoms with Crippen LogP contribution in [0, 0.1) is 0 Å². The van der Waals surface area contributed by atoms with Crippen molar-refractivity contribution in [1.82, 2.24) is 6.15 Å². The quantitative estimate of drug-likeness (QED) is 0.555. The molecule has 0 amide bonds. The minimum Gasteiger partial charge on any atom is -0.397 e. The fraction of sp³-hybridized carbons (Fsp3) is 1.00. The fourth-order valence-electron chi connectivity index (χ4n) is 0. The van der Waals surface area contributed by atoms with E-state index in [1.165, 1.54) is 0 Å². The van der Waals surface area contributed by atoms with Gasteiger partial charge in [-0.3, -0.25) is 0 Å². The number of rotatable bonds is 0. The van der Waals surface area contributed by atoms with Gasteiger partial charge in [-0.25, -0.2) is 0 Å². The highest BCUT2D eigenvalue weighted by Gasteiger charge is 1.34. The lowest BCUT2D eigenvalue weighted by atomic mass is 10.9. The lowest BCUT2D eigenvalue weighted by molar-refractivity contribution is 0.318. The molecular formula is C2H10INO. The summed E-state index contributed by atoms with van der Waals surface area (Å²) in [5, 5.41) is 7.57. The Morgan fingerprint density at radius 1 is 1.60 bits per heavy atom. The van der Waals surface area contributed by atoms with E-state index in [1.807, 2.05) is 0 Å². The third-order valence-corrected chi connectivity index (χ3v) is 0. The molecular weight excluding hydrogens is 181 g/mol. The van der Waals surface area contributed by atoms with Gasteiger partial charge in [0.15, 0.2) is 0 Å². The van der Waals surface area contributed by atoms with Gasteiger partial charge in [0, 0.05) is 6.61 Å². The highest BCUT2D eigenvalue weighted by molar-refractivity contribution is 14.0. The Bertz CT molecular complexity index is 9.61. The molecule has 0 rings (SSSR count). The van der Waals surface area contributed by atoms with E-state index in [0.29, 0.717) is 0 Å². The lowest BCUT2D eigenvalue weighted by Gasteiger charge is -1.52. The van der Waals surface area contributed by atoms with Crippen LogP contribution in [0.5, 0.6) is 0 Å². The summed E-state index contributed by atoms with van der Waals surface area (Å²) in [6.45, 7) is 1.93. The molecule has 0 bridgehead atoms. The molecule has 3 heteroatoms. The molecule has 0 aliphatic heterocycles. The zero-order valence-electron chi connectivity index (χ0n) is 3.27.